The van der Waals surface area contributed by atoms with Crippen LogP contribution < -0.4 is 10.9 Å². The Hall–Kier alpha value is -2.21. The molecule has 1 aromatic carbocycles. The third-order valence-corrected chi connectivity index (χ3v) is 8.63. The summed E-state index contributed by atoms with van der Waals surface area (Å²) in [7, 11) is 0. The molecule has 0 amide bonds. The topological polar surface area (TPSA) is 59.8 Å². The molecule has 0 bridgehead atoms. The van der Waals surface area contributed by atoms with Gasteiger partial charge in [-0.05, 0) is 63.2 Å². The zero-order valence-electron chi connectivity index (χ0n) is 18.9. The van der Waals surface area contributed by atoms with Crippen LogP contribution in [-0.2, 0) is 6.54 Å². The van der Waals surface area contributed by atoms with E-state index in [9.17, 15) is 4.79 Å². The van der Waals surface area contributed by atoms with Crippen molar-refractivity contribution >= 4 is 32.5 Å². The summed E-state index contributed by atoms with van der Waals surface area (Å²) in [5, 5.41) is 9.16. The number of para-hydroxylation sites is 1. The molecule has 1 fully saturated rings. The average Bonchev–Trinajstić information content (AvgIpc) is 2.76. The first-order valence-corrected chi connectivity index (χ1v) is 11.8. The van der Waals surface area contributed by atoms with Gasteiger partial charge in [-0.25, -0.2) is 4.68 Å². The Bertz CT molecular complexity index is 1150. The highest BCUT2D eigenvalue weighted by Gasteiger charge is 2.43. The summed E-state index contributed by atoms with van der Waals surface area (Å²) < 4.78 is 2.05. The predicted molar refractivity (Wildman–Crippen MR) is 130 cm³/mol. The molecular formula is C25H31BrN4O. The van der Waals surface area contributed by atoms with Crippen LogP contribution in [0, 0.1) is 23.2 Å². The van der Waals surface area contributed by atoms with E-state index in [1.807, 2.05) is 30.3 Å². The second kappa shape index (κ2) is 8.38. The lowest BCUT2D eigenvalue weighted by molar-refractivity contribution is 0.0316. The Balaban J connectivity index is 1.59. The van der Waals surface area contributed by atoms with Crippen molar-refractivity contribution in [1.29, 1.82) is 0 Å². The lowest BCUT2D eigenvalue weighted by Crippen LogP contribution is -2.48. The molecule has 31 heavy (non-hydrogen) atoms. The number of nitrogens with one attached hydrogen (secondary N) is 1. The summed E-state index contributed by atoms with van der Waals surface area (Å²) in [4.78, 5) is 17.5. The number of hydrogen-bond acceptors (Lipinski definition) is 4. The molecule has 0 spiro atoms. The lowest BCUT2D eigenvalue weighted by atomic mass is 9.58. The normalized spacial score (nSPS) is 25.5. The zero-order valence-corrected chi connectivity index (χ0v) is 20.5. The molecule has 0 unspecified atom stereocenters. The summed E-state index contributed by atoms with van der Waals surface area (Å²) in [5.74, 6) is 1.69. The van der Waals surface area contributed by atoms with Crippen molar-refractivity contribution in [2.24, 2.45) is 23.2 Å². The molecule has 164 valence electrons. The number of fused-ring (bicyclic) bond motifs is 1. The minimum Gasteiger partial charge on any atom is -0.380 e. The molecule has 1 aliphatic carbocycles. The molecule has 1 saturated carbocycles. The molecule has 0 aliphatic heterocycles. The Morgan fingerprint density at radius 2 is 1.94 bits per heavy atom. The van der Waals surface area contributed by atoms with Crippen LogP contribution in [0.2, 0.25) is 0 Å². The summed E-state index contributed by atoms with van der Waals surface area (Å²) in [6, 6.07) is 10.2. The van der Waals surface area contributed by atoms with Crippen molar-refractivity contribution in [3.05, 3.63) is 63.1 Å². The molecule has 1 N–H and O–H groups in total. The van der Waals surface area contributed by atoms with E-state index >= 15 is 0 Å². The van der Waals surface area contributed by atoms with Crippen LogP contribution >= 0.6 is 15.9 Å². The smallest absolute Gasteiger partial charge is 0.283 e. The second-order valence-electron chi connectivity index (χ2n) is 9.68. The van der Waals surface area contributed by atoms with Gasteiger partial charge in [0.25, 0.3) is 5.56 Å². The average molecular weight is 483 g/mol. The van der Waals surface area contributed by atoms with Gasteiger partial charge < -0.3 is 5.32 Å². The number of anilines is 1. The zero-order chi connectivity index (χ0) is 22.3. The summed E-state index contributed by atoms with van der Waals surface area (Å²) in [6.45, 7) is 12.1. The van der Waals surface area contributed by atoms with Crippen molar-refractivity contribution in [2.75, 3.05) is 5.32 Å². The first-order chi connectivity index (χ1) is 14.7. The molecule has 0 radical (unpaired) electrons. The van der Waals surface area contributed by atoms with Gasteiger partial charge in [-0.15, -0.1) is 0 Å². The van der Waals surface area contributed by atoms with Crippen LogP contribution in [0.3, 0.4) is 0 Å². The monoisotopic (exact) mass is 482 g/mol. The summed E-state index contributed by atoms with van der Waals surface area (Å²) in [5.41, 5.74) is 2.90. The molecule has 2 aromatic heterocycles. The van der Waals surface area contributed by atoms with Crippen LogP contribution in [0.5, 0.6) is 0 Å². The molecule has 2 heterocycles. The van der Waals surface area contributed by atoms with Gasteiger partial charge in [0.15, 0.2) is 0 Å². The Kier molecular flexibility index (Phi) is 5.95. The Morgan fingerprint density at radius 1 is 1.19 bits per heavy atom. The highest BCUT2D eigenvalue weighted by atomic mass is 79.9. The molecule has 1 aliphatic rings. The number of hydrogen-bond donors (Lipinski definition) is 1. The molecule has 0 saturated heterocycles. The summed E-state index contributed by atoms with van der Waals surface area (Å²) >= 11 is 3.55. The van der Waals surface area contributed by atoms with Gasteiger partial charge in [-0.3, -0.25) is 9.78 Å². The first-order valence-electron chi connectivity index (χ1n) is 11.0. The molecular weight excluding hydrogens is 452 g/mol. The lowest BCUT2D eigenvalue weighted by Gasteiger charge is -2.50. The van der Waals surface area contributed by atoms with Crippen LogP contribution in [0.4, 0.5) is 5.69 Å². The van der Waals surface area contributed by atoms with Crippen molar-refractivity contribution in [1.82, 2.24) is 14.8 Å². The van der Waals surface area contributed by atoms with Crippen LogP contribution in [0.1, 0.15) is 46.6 Å². The van der Waals surface area contributed by atoms with E-state index in [0.717, 1.165) is 28.6 Å². The maximum Gasteiger partial charge on any atom is 0.283 e. The molecule has 3 aromatic rings. The van der Waals surface area contributed by atoms with E-state index in [2.05, 4.69) is 65.9 Å². The fourth-order valence-corrected chi connectivity index (χ4v) is 5.32. The summed E-state index contributed by atoms with van der Waals surface area (Å²) in [6.07, 6.45) is 4.63. The van der Waals surface area contributed by atoms with Crippen molar-refractivity contribution in [2.45, 2.75) is 53.6 Å². The van der Waals surface area contributed by atoms with Gasteiger partial charge >= 0.3 is 0 Å². The molecule has 4 rings (SSSR count). The second-order valence-corrected chi connectivity index (χ2v) is 10.5. The van der Waals surface area contributed by atoms with E-state index in [0.29, 0.717) is 40.2 Å². The quantitative estimate of drug-likeness (QED) is 0.516. The Morgan fingerprint density at radius 3 is 2.71 bits per heavy atom. The number of aromatic nitrogens is 3. The number of nitrogens with zero attached hydrogens (tertiary/aromatic N) is 3. The number of halogens is 1. The van der Waals surface area contributed by atoms with Crippen LogP contribution in [0.25, 0.3) is 10.9 Å². The molecule has 4 atom stereocenters. The Labute approximate surface area is 192 Å². The minimum atomic E-state index is -0.129. The van der Waals surface area contributed by atoms with Crippen molar-refractivity contribution < 1.29 is 0 Å². The third-order valence-electron chi connectivity index (χ3n) is 7.86. The number of benzene rings is 1. The highest BCUT2D eigenvalue weighted by molar-refractivity contribution is 9.10. The standard InChI is InChI=1S/C25H31BrN4O/c1-15-12-21(16(2)17(3)25(15,4)5)29-22-13-28-30(24(31)23(22)26)14-18-10-11-27-20-9-7-6-8-19(18)20/h6-11,13,15-17,21,29H,12,14H2,1-5H3/t15-,16+,17+,21+/m0/s1. The predicted octanol–water partition coefficient (Wildman–Crippen LogP) is 5.72. The van der Waals surface area contributed by atoms with E-state index < -0.39 is 0 Å². The van der Waals surface area contributed by atoms with E-state index in [4.69, 9.17) is 0 Å². The van der Waals surface area contributed by atoms with Crippen molar-refractivity contribution in [3.63, 3.8) is 0 Å². The first kappa shape index (κ1) is 22.0. The largest absolute Gasteiger partial charge is 0.380 e. The maximum atomic E-state index is 13.1. The van der Waals surface area contributed by atoms with Gasteiger partial charge in [0, 0.05) is 17.6 Å². The van der Waals surface area contributed by atoms with Crippen LogP contribution in [-0.4, -0.2) is 20.8 Å². The van der Waals surface area contributed by atoms with Gasteiger partial charge in [-0.1, -0.05) is 52.8 Å². The van der Waals surface area contributed by atoms with Gasteiger partial charge in [0.1, 0.15) is 4.47 Å². The highest BCUT2D eigenvalue weighted by Crippen LogP contribution is 2.48. The maximum absolute atomic E-state index is 13.1. The van der Waals surface area contributed by atoms with E-state index in [-0.39, 0.29) is 5.56 Å². The minimum absolute atomic E-state index is 0.129. The van der Waals surface area contributed by atoms with Crippen molar-refractivity contribution in [3.8, 4) is 0 Å². The third kappa shape index (κ3) is 4.02. The number of rotatable bonds is 4. The number of pyridine rings is 1. The van der Waals surface area contributed by atoms with Crippen LogP contribution in [0.15, 0.2) is 52.0 Å². The van der Waals surface area contributed by atoms with E-state index in [1.54, 1.807) is 12.4 Å². The van der Waals surface area contributed by atoms with Gasteiger partial charge in [0.2, 0.25) is 0 Å². The molecule has 6 heteroatoms. The fourth-order valence-electron chi connectivity index (χ4n) is 4.90. The SMILES string of the molecule is C[C@@H]1[C@@H](C)C(C)(C)[C@@H](C)C[C@H]1Nc1cnn(Cc2ccnc3ccccc23)c(=O)c1Br. The van der Waals surface area contributed by atoms with Gasteiger partial charge in [0.05, 0.1) is 23.9 Å². The fraction of sp³-hybridized carbons (Fsp3) is 0.480. The molecule has 5 nitrogen and oxygen atoms in total. The van der Waals surface area contributed by atoms with Gasteiger partial charge in [-0.2, -0.15) is 5.10 Å². The van der Waals surface area contributed by atoms with E-state index in [1.165, 1.54) is 4.68 Å².